The Bertz CT molecular complexity index is 443. The average Bonchev–Trinajstić information content (AvgIpc) is 2.42. The van der Waals surface area contributed by atoms with Gasteiger partial charge in [0.25, 0.3) is 0 Å². The molecule has 1 rings (SSSR count). The molecule has 104 valence electrons. The molecule has 0 bridgehead atoms. The van der Waals surface area contributed by atoms with Gasteiger partial charge >= 0.3 is 0 Å². The number of Topliss-reactive ketones (excluding diaryl/α,β-unsaturated/α-hetero) is 1. The van der Waals surface area contributed by atoms with E-state index in [-0.39, 0.29) is 5.78 Å². The molecule has 0 aromatic heterocycles. The smallest absolute Gasteiger partial charge is 0.165 e. The molecule has 1 aromatic rings. The second-order valence-corrected chi connectivity index (χ2v) is 4.14. The predicted octanol–water partition coefficient (Wildman–Crippen LogP) is 2.54. The summed E-state index contributed by atoms with van der Waals surface area (Å²) in [6, 6.07) is 5.59. The third kappa shape index (κ3) is 3.83. The quantitative estimate of drug-likeness (QED) is 0.533. The van der Waals surface area contributed by atoms with Crippen molar-refractivity contribution in [1.82, 2.24) is 0 Å². The molecule has 0 unspecified atom stereocenters. The molecule has 0 amide bonds. The summed E-state index contributed by atoms with van der Waals surface area (Å²) in [5.74, 6) is 0.579. The molecule has 0 spiro atoms. The van der Waals surface area contributed by atoms with Crippen LogP contribution in [0.2, 0.25) is 0 Å². The first-order valence-electron chi connectivity index (χ1n) is 6.18. The topological polar surface area (TPSA) is 38.8 Å². The number of anilines is 1. The maximum absolute atomic E-state index is 11.9. The van der Waals surface area contributed by atoms with Crippen LogP contribution in [0.15, 0.2) is 30.9 Å². The van der Waals surface area contributed by atoms with E-state index in [1.807, 2.05) is 12.1 Å². The summed E-state index contributed by atoms with van der Waals surface area (Å²) in [6.45, 7) is 7.22. The van der Waals surface area contributed by atoms with Crippen LogP contribution in [0.4, 0.5) is 5.69 Å². The minimum atomic E-state index is -0.0149. The fourth-order valence-electron chi connectivity index (χ4n) is 1.97. The minimum absolute atomic E-state index is 0.0149. The monoisotopic (exact) mass is 263 g/mol. The summed E-state index contributed by atoms with van der Waals surface area (Å²) in [7, 11) is 3.22. The fraction of sp³-hybridized carbons (Fsp3) is 0.400. The lowest BCUT2D eigenvalue weighted by atomic mass is 10.1. The van der Waals surface area contributed by atoms with E-state index in [0.717, 1.165) is 5.69 Å². The van der Waals surface area contributed by atoms with E-state index in [1.54, 1.807) is 33.3 Å². The van der Waals surface area contributed by atoms with Crippen LogP contribution in [-0.4, -0.2) is 39.7 Å². The van der Waals surface area contributed by atoms with Crippen LogP contribution < -0.4 is 9.64 Å². The number of benzene rings is 1. The first kappa shape index (κ1) is 15.2. The molecule has 0 saturated carbocycles. The maximum atomic E-state index is 11.9. The van der Waals surface area contributed by atoms with Crippen LogP contribution in [0.5, 0.6) is 5.75 Å². The molecular formula is C15H21NO3. The molecule has 0 saturated heterocycles. The van der Waals surface area contributed by atoms with Gasteiger partial charge in [0.2, 0.25) is 0 Å². The van der Waals surface area contributed by atoms with Gasteiger partial charge in [0.1, 0.15) is 5.75 Å². The lowest BCUT2D eigenvalue weighted by molar-refractivity contribution is 0.101. The Morgan fingerprint density at radius 2 is 2.16 bits per heavy atom. The summed E-state index contributed by atoms with van der Waals surface area (Å²) in [5.41, 5.74) is 1.45. The van der Waals surface area contributed by atoms with Gasteiger partial charge in [-0.25, -0.2) is 0 Å². The predicted molar refractivity (Wildman–Crippen MR) is 77.3 cm³/mol. The first-order valence-corrected chi connectivity index (χ1v) is 6.18. The number of rotatable bonds is 8. The van der Waals surface area contributed by atoms with Gasteiger partial charge in [-0.2, -0.15) is 0 Å². The van der Waals surface area contributed by atoms with Gasteiger partial charge in [0, 0.05) is 20.2 Å². The SMILES string of the molecule is C=CCN(CCOC)c1cccc(OC)c1C(C)=O. The van der Waals surface area contributed by atoms with Crippen LogP contribution in [0.25, 0.3) is 0 Å². The minimum Gasteiger partial charge on any atom is -0.496 e. The van der Waals surface area contributed by atoms with Crippen molar-refractivity contribution in [2.45, 2.75) is 6.92 Å². The van der Waals surface area contributed by atoms with Crippen LogP contribution in [-0.2, 0) is 4.74 Å². The molecule has 0 fully saturated rings. The Kier molecular flexibility index (Phi) is 6.09. The molecule has 4 heteroatoms. The second kappa shape index (κ2) is 7.59. The van der Waals surface area contributed by atoms with Gasteiger partial charge in [-0.05, 0) is 19.1 Å². The molecule has 19 heavy (non-hydrogen) atoms. The number of hydrogen-bond acceptors (Lipinski definition) is 4. The number of nitrogens with zero attached hydrogens (tertiary/aromatic N) is 1. The molecule has 1 aromatic carbocycles. The zero-order valence-corrected chi connectivity index (χ0v) is 11.8. The van der Waals surface area contributed by atoms with Crippen LogP contribution in [0.1, 0.15) is 17.3 Å². The van der Waals surface area contributed by atoms with E-state index < -0.39 is 0 Å². The molecule has 0 heterocycles. The van der Waals surface area contributed by atoms with Gasteiger partial charge in [-0.1, -0.05) is 12.1 Å². The first-order chi connectivity index (χ1) is 9.15. The number of carbonyl (C=O) groups excluding carboxylic acids is 1. The Labute approximate surface area is 114 Å². The molecule has 4 nitrogen and oxygen atoms in total. The highest BCUT2D eigenvalue weighted by molar-refractivity contribution is 6.02. The van der Waals surface area contributed by atoms with Crippen molar-refractivity contribution in [1.29, 1.82) is 0 Å². The van der Waals surface area contributed by atoms with Gasteiger partial charge in [-0.15, -0.1) is 6.58 Å². The zero-order valence-electron chi connectivity index (χ0n) is 11.8. The number of methoxy groups -OCH3 is 2. The lowest BCUT2D eigenvalue weighted by Crippen LogP contribution is -2.28. The highest BCUT2D eigenvalue weighted by atomic mass is 16.5. The van der Waals surface area contributed by atoms with Crippen molar-refractivity contribution in [2.75, 3.05) is 38.8 Å². The van der Waals surface area contributed by atoms with E-state index in [9.17, 15) is 4.79 Å². The largest absolute Gasteiger partial charge is 0.496 e. The van der Waals surface area contributed by atoms with E-state index in [2.05, 4.69) is 11.5 Å². The standard InChI is InChI=1S/C15H21NO3/c1-5-9-16(10-11-18-3)13-7-6-8-14(19-4)15(13)12(2)17/h5-8H,1,9-11H2,2-4H3. The van der Waals surface area contributed by atoms with Gasteiger partial charge < -0.3 is 14.4 Å². The van der Waals surface area contributed by atoms with Crippen molar-refractivity contribution in [3.05, 3.63) is 36.4 Å². The van der Waals surface area contributed by atoms with Crippen molar-refractivity contribution in [3.63, 3.8) is 0 Å². The van der Waals surface area contributed by atoms with Crippen molar-refractivity contribution in [2.24, 2.45) is 0 Å². The molecule has 0 N–H and O–H groups in total. The van der Waals surface area contributed by atoms with E-state index in [4.69, 9.17) is 9.47 Å². The molecular weight excluding hydrogens is 242 g/mol. The van der Waals surface area contributed by atoms with Crippen molar-refractivity contribution < 1.29 is 14.3 Å². The van der Waals surface area contributed by atoms with Crippen LogP contribution in [0.3, 0.4) is 0 Å². The average molecular weight is 263 g/mol. The fourth-order valence-corrected chi connectivity index (χ4v) is 1.97. The van der Waals surface area contributed by atoms with E-state index in [0.29, 0.717) is 31.0 Å². The van der Waals surface area contributed by atoms with Crippen molar-refractivity contribution in [3.8, 4) is 5.75 Å². The van der Waals surface area contributed by atoms with Crippen LogP contribution >= 0.6 is 0 Å². The normalized spacial score (nSPS) is 10.1. The van der Waals surface area contributed by atoms with E-state index >= 15 is 0 Å². The Balaban J connectivity index is 3.20. The van der Waals surface area contributed by atoms with Crippen molar-refractivity contribution >= 4 is 11.5 Å². The van der Waals surface area contributed by atoms with E-state index in [1.165, 1.54) is 0 Å². The Hall–Kier alpha value is -1.81. The molecule has 0 radical (unpaired) electrons. The third-order valence-corrected chi connectivity index (χ3v) is 2.83. The third-order valence-electron chi connectivity index (χ3n) is 2.83. The summed E-state index contributed by atoms with van der Waals surface area (Å²) < 4.78 is 10.4. The Morgan fingerprint density at radius 1 is 1.42 bits per heavy atom. The summed E-state index contributed by atoms with van der Waals surface area (Å²) in [5, 5.41) is 0. The highest BCUT2D eigenvalue weighted by Gasteiger charge is 2.17. The number of hydrogen-bond donors (Lipinski definition) is 0. The highest BCUT2D eigenvalue weighted by Crippen LogP contribution is 2.29. The Morgan fingerprint density at radius 3 is 2.68 bits per heavy atom. The summed E-state index contributed by atoms with van der Waals surface area (Å²) in [4.78, 5) is 13.9. The summed E-state index contributed by atoms with van der Waals surface area (Å²) in [6.07, 6.45) is 1.80. The number of ketones is 1. The second-order valence-electron chi connectivity index (χ2n) is 4.14. The number of carbonyl (C=O) groups is 1. The lowest BCUT2D eigenvalue weighted by Gasteiger charge is -2.25. The van der Waals surface area contributed by atoms with Gasteiger partial charge in [-0.3, -0.25) is 4.79 Å². The molecule has 0 atom stereocenters. The van der Waals surface area contributed by atoms with Gasteiger partial charge in [0.05, 0.1) is 25.0 Å². The summed E-state index contributed by atoms with van der Waals surface area (Å²) >= 11 is 0. The zero-order chi connectivity index (χ0) is 14.3. The molecule has 0 aliphatic carbocycles. The maximum Gasteiger partial charge on any atom is 0.165 e. The molecule has 0 aliphatic rings. The van der Waals surface area contributed by atoms with Crippen LogP contribution in [0, 0.1) is 0 Å². The molecule has 0 aliphatic heterocycles. The number of ether oxygens (including phenoxy) is 2. The van der Waals surface area contributed by atoms with Gasteiger partial charge in [0.15, 0.2) is 5.78 Å².